The summed E-state index contributed by atoms with van der Waals surface area (Å²) in [5, 5.41) is 10.2. The van der Waals surface area contributed by atoms with Gasteiger partial charge in [0.25, 0.3) is 0 Å². The maximum absolute atomic E-state index is 12.9. The fourth-order valence-electron chi connectivity index (χ4n) is 3.47. The molecule has 0 aliphatic rings. The molecule has 5 nitrogen and oxygen atoms in total. The van der Waals surface area contributed by atoms with E-state index in [4.69, 9.17) is 12.2 Å². The first-order valence-electron chi connectivity index (χ1n) is 11.5. The lowest BCUT2D eigenvalue weighted by Gasteiger charge is -2.13. The van der Waals surface area contributed by atoms with E-state index in [0.717, 1.165) is 32.4 Å². The van der Waals surface area contributed by atoms with Crippen LogP contribution in [0.2, 0.25) is 0 Å². The summed E-state index contributed by atoms with van der Waals surface area (Å²) in [5.74, 6) is -0.0841. The Balaban J connectivity index is 1.34. The maximum atomic E-state index is 12.9. The molecule has 1 heterocycles. The summed E-state index contributed by atoms with van der Waals surface area (Å²) < 4.78 is 0. The Morgan fingerprint density at radius 3 is 2.22 bits per heavy atom. The van der Waals surface area contributed by atoms with Gasteiger partial charge >= 0.3 is 0 Å². The minimum Gasteiger partial charge on any atom is -0.332 e. The van der Waals surface area contributed by atoms with Crippen LogP contribution in [0.15, 0.2) is 77.7 Å². The van der Waals surface area contributed by atoms with E-state index < -0.39 is 0 Å². The number of carbonyl (C=O) groups is 1. The summed E-state index contributed by atoms with van der Waals surface area (Å²) in [6, 6.07) is 24.2. The Bertz CT molecular complexity index is 1360. The van der Waals surface area contributed by atoms with Crippen LogP contribution in [0.3, 0.4) is 0 Å². The van der Waals surface area contributed by atoms with Gasteiger partial charge in [0, 0.05) is 26.7 Å². The van der Waals surface area contributed by atoms with Crippen molar-refractivity contribution in [2.45, 2.75) is 37.8 Å². The van der Waals surface area contributed by atoms with Gasteiger partial charge in [-0.05, 0) is 70.2 Å². The number of nitrogens with zero attached hydrogens (tertiary/aromatic N) is 1. The van der Waals surface area contributed by atoms with Gasteiger partial charge in [0.05, 0.1) is 10.9 Å². The number of aromatic nitrogens is 1. The highest BCUT2D eigenvalue weighted by Crippen LogP contribution is 2.32. The average Bonchev–Trinajstić information content (AvgIpc) is 3.21. The van der Waals surface area contributed by atoms with E-state index in [1.807, 2.05) is 69.3 Å². The molecule has 4 aromatic rings. The van der Waals surface area contributed by atoms with Crippen LogP contribution >= 0.6 is 35.3 Å². The summed E-state index contributed by atoms with van der Waals surface area (Å²) in [5.41, 5.74) is 6.14. The average molecular weight is 533 g/mol. The Labute approximate surface area is 225 Å². The standard InChI is InChI=1S/C28H28N4OS3/c1-17-8-12-21(13-9-17)25-19(3)36-28(31-25)32-26(33)20(4)35-24-7-5-6-23(16-24)30-27(34)29-22-14-10-18(2)11-15-22/h5-16,20H,1-4H3,(H2,29,30,34)(H,31,32,33). The highest BCUT2D eigenvalue weighted by molar-refractivity contribution is 8.00. The van der Waals surface area contributed by atoms with E-state index in [2.05, 4.69) is 52.1 Å². The number of anilines is 3. The molecule has 0 saturated heterocycles. The number of thiazole rings is 1. The lowest BCUT2D eigenvalue weighted by atomic mass is 10.1. The molecule has 1 aromatic heterocycles. The molecule has 8 heteroatoms. The van der Waals surface area contributed by atoms with E-state index in [1.165, 1.54) is 34.2 Å². The van der Waals surface area contributed by atoms with Crippen LogP contribution in [-0.2, 0) is 4.79 Å². The number of amides is 1. The second-order valence-corrected chi connectivity index (χ2v) is 11.5. The highest BCUT2D eigenvalue weighted by atomic mass is 32.2. The third kappa shape index (κ3) is 6.94. The van der Waals surface area contributed by atoms with Crippen LogP contribution < -0.4 is 16.0 Å². The Kier molecular flexibility index (Phi) is 8.40. The Hall–Kier alpha value is -3.20. The number of hydrogen-bond acceptors (Lipinski definition) is 5. The molecule has 0 bridgehead atoms. The summed E-state index contributed by atoms with van der Waals surface area (Å²) in [6.07, 6.45) is 0. The minimum atomic E-state index is -0.301. The first kappa shape index (κ1) is 25.9. The number of thiocarbonyl (C=S) groups is 1. The molecule has 3 N–H and O–H groups in total. The molecule has 36 heavy (non-hydrogen) atoms. The lowest BCUT2D eigenvalue weighted by Crippen LogP contribution is -2.22. The fraction of sp³-hybridized carbons (Fsp3) is 0.179. The van der Waals surface area contributed by atoms with E-state index in [0.29, 0.717) is 10.2 Å². The molecule has 4 rings (SSSR count). The summed E-state index contributed by atoms with van der Waals surface area (Å²) >= 11 is 8.43. The predicted molar refractivity (Wildman–Crippen MR) is 158 cm³/mol. The molecule has 1 amide bonds. The van der Waals surface area contributed by atoms with Gasteiger partial charge in [-0.25, -0.2) is 4.98 Å². The SMILES string of the molecule is Cc1ccc(NC(=S)Nc2cccc(SC(C)C(=O)Nc3nc(-c4ccc(C)cc4)c(C)s3)c2)cc1. The summed E-state index contributed by atoms with van der Waals surface area (Å²) in [7, 11) is 0. The van der Waals surface area contributed by atoms with Crippen LogP contribution in [0, 0.1) is 20.8 Å². The number of benzene rings is 3. The monoisotopic (exact) mass is 532 g/mol. The van der Waals surface area contributed by atoms with Crippen LogP contribution in [0.1, 0.15) is 22.9 Å². The Morgan fingerprint density at radius 1 is 0.889 bits per heavy atom. The fourth-order valence-corrected chi connectivity index (χ4v) is 5.47. The largest absolute Gasteiger partial charge is 0.332 e. The quantitative estimate of drug-likeness (QED) is 0.168. The second-order valence-electron chi connectivity index (χ2n) is 8.51. The van der Waals surface area contributed by atoms with Crippen molar-refractivity contribution in [2.24, 2.45) is 0 Å². The summed E-state index contributed by atoms with van der Waals surface area (Å²) in [6.45, 7) is 8.03. The molecule has 0 aliphatic heterocycles. The molecule has 1 atom stereocenters. The van der Waals surface area contributed by atoms with Gasteiger partial charge in [0.15, 0.2) is 10.2 Å². The first-order chi connectivity index (χ1) is 17.3. The molecule has 1 unspecified atom stereocenters. The van der Waals surface area contributed by atoms with Crippen molar-refractivity contribution in [3.63, 3.8) is 0 Å². The van der Waals surface area contributed by atoms with Crippen molar-refractivity contribution in [1.82, 2.24) is 4.98 Å². The molecule has 0 spiro atoms. The van der Waals surface area contributed by atoms with Crippen molar-refractivity contribution >= 4 is 62.8 Å². The normalized spacial score (nSPS) is 11.6. The Morgan fingerprint density at radius 2 is 1.53 bits per heavy atom. The minimum absolute atomic E-state index is 0.0841. The van der Waals surface area contributed by atoms with E-state index in [9.17, 15) is 4.79 Å². The van der Waals surface area contributed by atoms with Crippen LogP contribution in [-0.4, -0.2) is 21.3 Å². The first-order valence-corrected chi connectivity index (χ1v) is 13.6. The number of nitrogens with one attached hydrogen (secondary N) is 3. The molecule has 184 valence electrons. The molecule has 0 fully saturated rings. The number of aryl methyl sites for hydroxylation is 3. The van der Waals surface area contributed by atoms with Crippen LogP contribution in [0.25, 0.3) is 11.3 Å². The smallest absolute Gasteiger partial charge is 0.239 e. The van der Waals surface area contributed by atoms with Gasteiger partial charge in [-0.2, -0.15) is 0 Å². The van der Waals surface area contributed by atoms with Crippen molar-refractivity contribution in [3.05, 3.63) is 88.8 Å². The molecular weight excluding hydrogens is 505 g/mol. The summed E-state index contributed by atoms with van der Waals surface area (Å²) in [4.78, 5) is 19.6. The number of thioether (sulfide) groups is 1. The van der Waals surface area contributed by atoms with Gasteiger partial charge in [-0.1, -0.05) is 53.6 Å². The third-order valence-corrected chi connectivity index (χ3v) is 7.62. The van der Waals surface area contributed by atoms with Gasteiger partial charge in [-0.15, -0.1) is 23.1 Å². The van der Waals surface area contributed by atoms with Crippen molar-refractivity contribution in [1.29, 1.82) is 0 Å². The van der Waals surface area contributed by atoms with E-state index in [-0.39, 0.29) is 11.2 Å². The number of carbonyl (C=O) groups excluding carboxylic acids is 1. The topological polar surface area (TPSA) is 66.0 Å². The van der Waals surface area contributed by atoms with Crippen molar-refractivity contribution in [3.8, 4) is 11.3 Å². The zero-order valence-electron chi connectivity index (χ0n) is 20.6. The number of hydrogen-bond donors (Lipinski definition) is 3. The molecule has 0 radical (unpaired) electrons. The van der Waals surface area contributed by atoms with Crippen LogP contribution in [0.4, 0.5) is 16.5 Å². The van der Waals surface area contributed by atoms with E-state index in [1.54, 1.807) is 0 Å². The highest BCUT2D eigenvalue weighted by Gasteiger charge is 2.18. The predicted octanol–water partition coefficient (Wildman–Crippen LogP) is 7.66. The molecule has 3 aromatic carbocycles. The number of rotatable bonds is 7. The molecular formula is C28H28N4OS3. The molecule has 0 saturated carbocycles. The van der Waals surface area contributed by atoms with Gasteiger partial charge in [-0.3, -0.25) is 4.79 Å². The van der Waals surface area contributed by atoms with Gasteiger partial charge in [0.2, 0.25) is 5.91 Å². The van der Waals surface area contributed by atoms with Gasteiger partial charge < -0.3 is 16.0 Å². The second kappa shape index (κ2) is 11.7. The maximum Gasteiger partial charge on any atom is 0.239 e. The van der Waals surface area contributed by atoms with Crippen LogP contribution in [0.5, 0.6) is 0 Å². The van der Waals surface area contributed by atoms with Gasteiger partial charge in [0.1, 0.15) is 0 Å². The van der Waals surface area contributed by atoms with E-state index >= 15 is 0 Å². The molecule has 0 aliphatic carbocycles. The lowest BCUT2D eigenvalue weighted by molar-refractivity contribution is -0.115. The van der Waals surface area contributed by atoms with Crippen molar-refractivity contribution in [2.75, 3.05) is 16.0 Å². The zero-order valence-corrected chi connectivity index (χ0v) is 23.0. The third-order valence-electron chi connectivity index (χ3n) is 5.44. The van der Waals surface area contributed by atoms with Crippen molar-refractivity contribution < 1.29 is 4.79 Å². The zero-order chi connectivity index (χ0) is 25.7.